The standard InChI is InChI=1S/C25H26N2O6S2/c1-30-18-9-7-16(12-20(18)31-2)13-22-24(29)27(25(34)35-22)11-5-3-4-6-23(28)26-17-8-10-19-21(14-17)33-15-32-19/h7-10,12-14H,3-6,11,15H2,1-2H3,(H,26,28). The van der Waals surface area contributed by atoms with E-state index < -0.39 is 0 Å². The van der Waals surface area contributed by atoms with E-state index in [2.05, 4.69) is 5.32 Å². The Morgan fingerprint density at radius 2 is 1.89 bits per heavy atom. The number of methoxy groups -OCH3 is 2. The molecule has 0 aliphatic carbocycles. The zero-order valence-corrected chi connectivity index (χ0v) is 21.1. The van der Waals surface area contributed by atoms with Crippen molar-refractivity contribution in [3.05, 3.63) is 46.9 Å². The van der Waals surface area contributed by atoms with E-state index in [9.17, 15) is 9.59 Å². The number of carbonyl (C=O) groups excluding carboxylic acids is 2. The maximum absolute atomic E-state index is 12.9. The van der Waals surface area contributed by atoms with Gasteiger partial charge >= 0.3 is 0 Å². The van der Waals surface area contributed by atoms with Crippen molar-refractivity contribution < 1.29 is 28.5 Å². The van der Waals surface area contributed by atoms with Gasteiger partial charge in [-0.25, -0.2) is 0 Å². The molecule has 1 fully saturated rings. The summed E-state index contributed by atoms with van der Waals surface area (Å²) in [7, 11) is 3.15. The Morgan fingerprint density at radius 1 is 1.09 bits per heavy atom. The molecule has 2 aliphatic heterocycles. The molecule has 2 aliphatic rings. The van der Waals surface area contributed by atoms with E-state index in [0.717, 1.165) is 18.4 Å². The van der Waals surface area contributed by atoms with Gasteiger partial charge in [-0.15, -0.1) is 0 Å². The molecule has 0 aromatic heterocycles. The fourth-order valence-electron chi connectivity index (χ4n) is 3.72. The van der Waals surface area contributed by atoms with Gasteiger partial charge in [-0.3, -0.25) is 14.5 Å². The van der Waals surface area contributed by atoms with Crippen molar-refractivity contribution in [2.45, 2.75) is 25.7 Å². The molecule has 2 aromatic rings. The van der Waals surface area contributed by atoms with Crippen molar-refractivity contribution in [2.24, 2.45) is 0 Å². The van der Waals surface area contributed by atoms with E-state index >= 15 is 0 Å². The lowest BCUT2D eigenvalue weighted by molar-refractivity contribution is -0.122. The number of fused-ring (bicyclic) bond motifs is 1. The monoisotopic (exact) mass is 514 g/mol. The smallest absolute Gasteiger partial charge is 0.266 e. The fourth-order valence-corrected chi connectivity index (χ4v) is 5.03. The van der Waals surface area contributed by atoms with Crippen molar-refractivity contribution in [3.63, 3.8) is 0 Å². The minimum Gasteiger partial charge on any atom is -0.493 e. The maximum atomic E-state index is 12.9. The zero-order valence-electron chi connectivity index (χ0n) is 19.5. The van der Waals surface area contributed by atoms with E-state index in [1.165, 1.54) is 11.8 Å². The number of carbonyl (C=O) groups is 2. The van der Waals surface area contributed by atoms with Crippen LogP contribution in [0.25, 0.3) is 6.08 Å². The fraction of sp³-hybridized carbons (Fsp3) is 0.320. The van der Waals surface area contributed by atoms with Gasteiger partial charge in [-0.1, -0.05) is 36.5 Å². The molecule has 10 heteroatoms. The van der Waals surface area contributed by atoms with E-state index in [1.54, 1.807) is 43.4 Å². The van der Waals surface area contributed by atoms with Crippen LogP contribution in [-0.2, 0) is 9.59 Å². The lowest BCUT2D eigenvalue weighted by Crippen LogP contribution is -2.29. The summed E-state index contributed by atoms with van der Waals surface area (Å²) < 4.78 is 21.7. The number of benzene rings is 2. The summed E-state index contributed by atoms with van der Waals surface area (Å²) in [6.45, 7) is 0.722. The van der Waals surface area contributed by atoms with Gasteiger partial charge < -0.3 is 24.3 Å². The highest BCUT2D eigenvalue weighted by molar-refractivity contribution is 8.26. The van der Waals surface area contributed by atoms with E-state index in [-0.39, 0.29) is 18.6 Å². The predicted octanol–water partition coefficient (Wildman–Crippen LogP) is 4.83. The highest BCUT2D eigenvalue weighted by Crippen LogP contribution is 2.35. The van der Waals surface area contributed by atoms with Gasteiger partial charge in [0, 0.05) is 24.7 Å². The van der Waals surface area contributed by atoms with Crippen LogP contribution in [0.2, 0.25) is 0 Å². The maximum Gasteiger partial charge on any atom is 0.266 e. The number of amides is 2. The van der Waals surface area contributed by atoms with E-state index in [0.29, 0.717) is 57.3 Å². The lowest BCUT2D eigenvalue weighted by Gasteiger charge is -2.14. The van der Waals surface area contributed by atoms with E-state index in [1.807, 2.05) is 18.2 Å². The minimum atomic E-state index is -0.102. The number of ether oxygens (including phenoxy) is 4. The molecular formula is C25H26N2O6S2. The van der Waals surface area contributed by atoms with Crippen LogP contribution in [0.4, 0.5) is 5.69 Å². The SMILES string of the molecule is COc1ccc(C=C2SC(=S)N(CCCCCC(=O)Nc3ccc4c(c3)OCO4)C2=O)cc1OC. The molecule has 184 valence electrons. The molecule has 4 rings (SSSR count). The summed E-state index contributed by atoms with van der Waals surface area (Å²) in [5, 5.41) is 2.87. The van der Waals surface area contributed by atoms with Gasteiger partial charge in [0.25, 0.3) is 5.91 Å². The third-order valence-corrected chi connectivity index (χ3v) is 6.90. The van der Waals surface area contributed by atoms with Crippen molar-refractivity contribution in [3.8, 4) is 23.0 Å². The predicted molar refractivity (Wildman–Crippen MR) is 139 cm³/mol. The van der Waals surface area contributed by atoms with E-state index in [4.69, 9.17) is 31.2 Å². The molecular weight excluding hydrogens is 488 g/mol. The van der Waals surface area contributed by atoms with Crippen LogP contribution in [-0.4, -0.2) is 48.6 Å². The normalized spacial score (nSPS) is 15.6. The van der Waals surface area contributed by atoms with Gasteiger partial charge in [0.05, 0.1) is 19.1 Å². The highest BCUT2D eigenvalue weighted by atomic mass is 32.2. The van der Waals surface area contributed by atoms with Gasteiger partial charge in [0.2, 0.25) is 12.7 Å². The van der Waals surface area contributed by atoms with Gasteiger partial charge in [-0.05, 0) is 48.7 Å². The molecule has 2 aromatic carbocycles. The third kappa shape index (κ3) is 6.07. The summed E-state index contributed by atoms with van der Waals surface area (Å²) >= 11 is 6.72. The Labute approximate surface area is 213 Å². The molecule has 8 nitrogen and oxygen atoms in total. The average molecular weight is 515 g/mol. The lowest BCUT2D eigenvalue weighted by atomic mass is 10.1. The molecule has 0 bridgehead atoms. The first-order valence-corrected chi connectivity index (χ1v) is 12.4. The summed E-state index contributed by atoms with van der Waals surface area (Å²) in [6, 6.07) is 10.8. The number of nitrogens with one attached hydrogen (secondary N) is 1. The third-order valence-electron chi connectivity index (χ3n) is 5.52. The van der Waals surface area contributed by atoms with Gasteiger partial charge in [0.1, 0.15) is 4.32 Å². The number of thioether (sulfide) groups is 1. The summed E-state index contributed by atoms with van der Waals surface area (Å²) in [5.74, 6) is 2.37. The van der Waals surface area contributed by atoms with Crippen LogP contribution in [0.3, 0.4) is 0 Å². The molecule has 0 saturated carbocycles. The summed E-state index contributed by atoms with van der Waals surface area (Å²) in [6.07, 6.45) is 4.48. The topological polar surface area (TPSA) is 86.3 Å². The van der Waals surface area contributed by atoms with Crippen LogP contribution < -0.4 is 24.3 Å². The number of thiocarbonyl (C=S) groups is 1. The molecule has 2 heterocycles. The number of anilines is 1. The van der Waals surface area contributed by atoms with Crippen molar-refractivity contribution in [2.75, 3.05) is 32.9 Å². The highest BCUT2D eigenvalue weighted by Gasteiger charge is 2.31. The summed E-state index contributed by atoms with van der Waals surface area (Å²) in [4.78, 5) is 27.3. The second-order valence-electron chi connectivity index (χ2n) is 7.87. The Kier molecular flexibility index (Phi) is 8.14. The van der Waals surface area contributed by atoms with Crippen molar-refractivity contribution >= 4 is 51.9 Å². The molecule has 35 heavy (non-hydrogen) atoms. The molecule has 0 unspecified atom stereocenters. The number of unbranched alkanes of at least 4 members (excludes halogenated alkanes) is 2. The second kappa shape index (κ2) is 11.5. The number of rotatable bonds is 10. The molecule has 0 radical (unpaired) electrons. The average Bonchev–Trinajstić information content (AvgIpc) is 3.42. The first-order chi connectivity index (χ1) is 17.0. The van der Waals surface area contributed by atoms with Crippen LogP contribution in [0, 0.1) is 0 Å². The number of nitrogens with zero attached hydrogens (tertiary/aromatic N) is 1. The zero-order chi connectivity index (χ0) is 24.8. The largest absolute Gasteiger partial charge is 0.493 e. The molecule has 2 amide bonds. The Bertz CT molecular complexity index is 1170. The van der Waals surface area contributed by atoms with Crippen LogP contribution >= 0.6 is 24.0 Å². The van der Waals surface area contributed by atoms with Gasteiger partial charge in [0.15, 0.2) is 23.0 Å². The number of hydrogen-bond donors (Lipinski definition) is 1. The Morgan fingerprint density at radius 3 is 2.69 bits per heavy atom. The van der Waals surface area contributed by atoms with Gasteiger partial charge in [-0.2, -0.15) is 0 Å². The number of hydrogen-bond acceptors (Lipinski definition) is 8. The van der Waals surface area contributed by atoms with Crippen LogP contribution in [0.15, 0.2) is 41.3 Å². The molecule has 0 atom stereocenters. The quantitative estimate of drug-likeness (QED) is 0.274. The Hall–Kier alpha value is -3.24. The molecule has 0 spiro atoms. The minimum absolute atomic E-state index is 0.0627. The first kappa shape index (κ1) is 24.9. The first-order valence-electron chi connectivity index (χ1n) is 11.2. The second-order valence-corrected chi connectivity index (χ2v) is 9.55. The summed E-state index contributed by atoms with van der Waals surface area (Å²) in [5.41, 5.74) is 1.51. The van der Waals surface area contributed by atoms with Crippen molar-refractivity contribution in [1.29, 1.82) is 0 Å². The van der Waals surface area contributed by atoms with Crippen LogP contribution in [0.5, 0.6) is 23.0 Å². The molecule has 1 N–H and O–H groups in total. The van der Waals surface area contributed by atoms with Crippen molar-refractivity contribution in [1.82, 2.24) is 4.90 Å². The van der Waals surface area contributed by atoms with Crippen LogP contribution in [0.1, 0.15) is 31.2 Å². The Balaban J connectivity index is 1.22. The molecule has 1 saturated heterocycles.